The van der Waals surface area contributed by atoms with Crippen LogP contribution in [-0.2, 0) is 9.53 Å². The molecule has 1 N–H and O–H groups in total. The Kier molecular flexibility index (Phi) is 5.14. The lowest BCUT2D eigenvalue weighted by atomic mass is 10.2. The molecule has 6 heteroatoms. The Morgan fingerprint density at radius 3 is 2.70 bits per heavy atom. The SMILES string of the molecule is C[C@@H](NC(=O)c1cccc(Br)c1)C(=O)N1CCOCC1. The summed E-state index contributed by atoms with van der Waals surface area (Å²) in [4.78, 5) is 26.0. The molecule has 1 aromatic carbocycles. The third-order valence-corrected chi connectivity index (χ3v) is 3.62. The van der Waals surface area contributed by atoms with Gasteiger partial charge in [-0.1, -0.05) is 22.0 Å². The molecule has 1 atom stereocenters. The second-order valence-electron chi connectivity index (χ2n) is 4.64. The fourth-order valence-electron chi connectivity index (χ4n) is 2.03. The molecule has 1 saturated heterocycles. The van der Waals surface area contributed by atoms with Gasteiger partial charge in [0.05, 0.1) is 13.2 Å². The molecule has 0 saturated carbocycles. The summed E-state index contributed by atoms with van der Waals surface area (Å²) >= 11 is 3.32. The lowest BCUT2D eigenvalue weighted by Crippen LogP contribution is -2.50. The van der Waals surface area contributed by atoms with Crippen molar-refractivity contribution in [2.24, 2.45) is 0 Å². The van der Waals surface area contributed by atoms with Gasteiger partial charge in [0, 0.05) is 23.1 Å². The van der Waals surface area contributed by atoms with Crippen LogP contribution >= 0.6 is 15.9 Å². The van der Waals surface area contributed by atoms with E-state index in [0.717, 1.165) is 4.47 Å². The Balaban J connectivity index is 1.94. The number of carbonyl (C=O) groups is 2. The molecule has 20 heavy (non-hydrogen) atoms. The number of benzene rings is 1. The smallest absolute Gasteiger partial charge is 0.251 e. The zero-order valence-corrected chi connectivity index (χ0v) is 12.9. The topological polar surface area (TPSA) is 58.6 Å². The van der Waals surface area contributed by atoms with E-state index in [9.17, 15) is 9.59 Å². The van der Waals surface area contributed by atoms with Crippen molar-refractivity contribution in [1.29, 1.82) is 0 Å². The van der Waals surface area contributed by atoms with Crippen LogP contribution in [0.15, 0.2) is 28.7 Å². The van der Waals surface area contributed by atoms with E-state index in [1.165, 1.54) is 0 Å². The summed E-state index contributed by atoms with van der Waals surface area (Å²) in [7, 11) is 0. The molecule has 1 heterocycles. The van der Waals surface area contributed by atoms with Crippen LogP contribution in [0.1, 0.15) is 17.3 Å². The van der Waals surface area contributed by atoms with E-state index in [4.69, 9.17) is 4.74 Å². The number of ether oxygens (including phenoxy) is 1. The van der Waals surface area contributed by atoms with Gasteiger partial charge in [0.15, 0.2) is 0 Å². The Morgan fingerprint density at radius 2 is 2.05 bits per heavy atom. The van der Waals surface area contributed by atoms with Crippen molar-refractivity contribution in [3.05, 3.63) is 34.3 Å². The van der Waals surface area contributed by atoms with Crippen LogP contribution in [0.4, 0.5) is 0 Å². The van der Waals surface area contributed by atoms with Gasteiger partial charge in [-0.15, -0.1) is 0 Å². The van der Waals surface area contributed by atoms with Gasteiger partial charge in [-0.3, -0.25) is 9.59 Å². The Morgan fingerprint density at radius 1 is 1.35 bits per heavy atom. The van der Waals surface area contributed by atoms with E-state index in [1.54, 1.807) is 30.0 Å². The molecule has 0 unspecified atom stereocenters. The van der Waals surface area contributed by atoms with Gasteiger partial charge in [-0.05, 0) is 25.1 Å². The maximum Gasteiger partial charge on any atom is 0.251 e. The van der Waals surface area contributed by atoms with Gasteiger partial charge in [0.2, 0.25) is 5.91 Å². The van der Waals surface area contributed by atoms with E-state index >= 15 is 0 Å². The maximum atomic E-state index is 12.2. The standard InChI is InChI=1S/C14H17BrN2O3/c1-10(14(19)17-5-7-20-8-6-17)16-13(18)11-3-2-4-12(15)9-11/h2-4,9-10H,5-8H2,1H3,(H,16,18)/t10-/m1/s1. The summed E-state index contributed by atoms with van der Waals surface area (Å²) in [5.74, 6) is -0.322. The molecule has 1 aliphatic rings. The van der Waals surface area contributed by atoms with Crippen molar-refractivity contribution in [2.75, 3.05) is 26.3 Å². The Bertz CT molecular complexity index is 501. The minimum absolute atomic E-state index is 0.0725. The molecule has 0 bridgehead atoms. The normalized spacial score (nSPS) is 16.6. The van der Waals surface area contributed by atoms with Gasteiger partial charge in [-0.2, -0.15) is 0 Å². The number of hydrogen-bond donors (Lipinski definition) is 1. The molecule has 5 nitrogen and oxygen atoms in total. The highest BCUT2D eigenvalue weighted by Gasteiger charge is 2.23. The summed E-state index contributed by atoms with van der Waals surface area (Å²) in [6.07, 6.45) is 0. The van der Waals surface area contributed by atoms with Crippen molar-refractivity contribution >= 4 is 27.7 Å². The van der Waals surface area contributed by atoms with Crippen LogP contribution in [0.2, 0.25) is 0 Å². The molecule has 108 valence electrons. The van der Waals surface area contributed by atoms with E-state index in [2.05, 4.69) is 21.2 Å². The van der Waals surface area contributed by atoms with Crippen molar-refractivity contribution in [1.82, 2.24) is 10.2 Å². The van der Waals surface area contributed by atoms with Gasteiger partial charge < -0.3 is 15.0 Å². The summed E-state index contributed by atoms with van der Waals surface area (Å²) in [6, 6.07) is 6.53. The van der Waals surface area contributed by atoms with E-state index in [0.29, 0.717) is 31.9 Å². The van der Waals surface area contributed by atoms with Gasteiger partial charge in [0.1, 0.15) is 6.04 Å². The summed E-state index contributed by atoms with van der Waals surface area (Å²) in [5.41, 5.74) is 0.529. The number of rotatable bonds is 3. The molecule has 2 amide bonds. The summed E-state index contributed by atoms with van der Waals surface area (Å²) < 4.78 is 6.04. The molecule has 0 radical (unpaired) electrons. The predicted octanol–water partition coefficient (Wildman–Crippen LogP) is 1.43. The maximum absolute atomic E-state index is 12.2. The fourth-order valence-corrected chi connectivity index (χ4v) is 2.43. The Labute approximate surface area is 126 Å². The highest BCUT2D eigenvalue weighted by atomic mass is 79.9. The van der Waals surface area contributed by atoms with Crippen molar-refractivity contribution < 1.29 is 14.3 Å². The minimum atomic E-state index is -0.542. The van der Waals surface area contributed by atoms with Crippen molar-refractivity contribution in [3.63, 3.8) is 0 Å². The van der Waals surface area contributed by atoms with Gasteiger partial charge >= 0.3 is 0 Å². The van der Waals surface area contributed by atoms with E-state index in [1.807, 2.05) is 6.07 Å². The second-order valence-corrected chi connectivity index (χ2v) is 5.56. The molecule has 2 rings (SSSR count). The van der Waals surface area contributed by atoms with Crippen molar-refractivity contribution in [3.8, 4) is 0 Å². The fraction of sp³-hybridized carbons (Fsp3) is 0.429. The summed E-state index contributed by atoms with van der Waals surface area (Å²) in [5, 5.41) is 2.73. The number of halogens is 1. The first-order valence-electron chi connectivity index (χ1n) is 6.51. The average Bonchev–Trinajstić information content (AvgIpc) is 2.47. The molecule has 1 aromatic rings. The van der Waals surface area contributed by atoms with Crippen molar-refractivity contribution in [2.45, 2.75) is 13.0 Å². The zero-order chi connectivity index (χ0) is 14.5. The number of nitrogens with zero attached hydrogens (tertiary/aromatic N) is 1. The number of morpholine rings is 1. The molecular formula is C14H17BrN2O3. The molecule has 0 aliphatic carbocycles. The molecule has 0 aromatic heterocycles. The Hall–Kier alpha value is -1.40. The first kappa shape index (κ1) is 15.0. The summed E-state index contributed by atoms with van der Waals surface area (Å²) in [6.45, 7) is 3.97. The number of nitrogens with one attached hydrogen (secondary N) is 1. The van der Waals surface area contributed by atoms with Crippen LogP contribution in [0.25, 0.3) is 0 Å². The largest absolute Gasteiger partial charge is 0.378 e. The lowest BCUT2D eigenvalue weighted by molar-refractivity contribution is -0.136. The van der Waals surface area contributed by atoms with Crippen LogP contribution < -0.4 is 5.32 Å². The second kappa shape index (κ2) is 6.85. The van der Waals surface area contributed by atoms with Crippen LogP contribution in [-0.4, -0.2) is 49.1 Å². The molecule has 1 fully saturated rings. The van der Waals surface area contributed by atoms with Crippen LogP contribution in [0.5, 0.6) is 0 Å². The molecule has 1 aliphatic heterocycles. The molecular weight excluding hydrogens is 324 g/mol. The first-order valence-corrected chi connectivity index (χ1v) is 7.30. The van der Waals surface area contributed by atoms with Gasteiger partial charge in [0.25, 0.3) is 5.91 Å². The monoisotopic (exact) mass is 340 g/mol. The third kappa shape index (κ3) is 3.80. The number of carbonyl (C=O) groups excluding carboxylic acids is 2. The lowest BCUT2D eigenvalue weighted by Gasteiger charge is -2.29. The van der Waals surface area contributed by atoms with Gasteiger partial charge in [-0.25, -0.2) is 0 Å². The average molecular weight is 341 g/mol. The number of amides is 2. The van der Waals surface area contributed by atoms with Crippen LogP contribution in [0.3, 0.4) is 0 Å². The highest BCUT2D eigenvalue weighted by molar-refractivity contribution is 9.10. The van der Waals surface area contributed by atoms with Crippen LogP contribution in [0, 0.1) is 0 Å². The molecule has 0 spiro atoms. The first-order chi connectivity index (χ1) is 9.58. The third-order valence-electron chi connectivity index (χ3n) is 3.13. The number of hydrogen-bond acceptors (Lipinski definition) is 3. The predicted molar refractivity (Wildman–Crippen MR) is 78.5 cm³/mol. The van der Waals surface area contributed by atoms with E-state index < -0.39 is 6.04 Å². The quantitative estimate of drug-likeness (QED) is 0.905. The highest BCUT2D eigenvalue weighted by Crippen LogP contribution is 2.11. The zero-order valence-electron chi connectivity index (χ0n) is 11.3. The van der Waals surface area contributed by atoms with E-state index in [-0.39, 0.29) is 11.8 Å². The minimum Gasteiger partial charge on any atom is -0.378 e.